The van der Waals surface area contributed by atoms with Crippen LogP contribution in [0.5, 0.6) is 0 Å². The molecule has 0 saturated carbocycles. The Morgan fingerprint density at radius 3 is 2.60 bits per heavy atom. The number of nitrogens with zero attached hydrogens (tertiary/aromatic N) is 4. The Balaban J connectivity index is 2.03. The summed E-state index contributed by atoms with van der Waals surface area (Å²) in [5, 5.41) is 20.5. The average molecular weight is 393 g/mol. The van der Waals surface area contributed by atoms with Crippen LogP contribution in [0.3, 0.4) is 0 Å². The van der Waals surface area contributed by atoms with Gasteiger partial charge in [0.25, 0.3) is 0 Å². The van der Waals surface area contributed by atoms with Crippen LogP contribution in [0.2, 0.25) is 0 Å². The van der Waals surface area contributed by atoms with Gasteiger partial charge in [0.2, 0.25) is 0 Å². The van der Waals surface area contributed by atoms with Crippen LogP contribution in [-0.2, 0) is 0 Å². The third-order valence-corrected chi connectivity index (χ3v) is 6.12. The molecular formula is C25H23N5. The number of fused-ring (bicyclic) bond motifs is 2. The SMILES string of the molecule is CC[C@@H](C)n1cc(C=C2C(C)=C(C#N)c3nc(N)c(C#N)c(C)c32)c2ccccc21. The molecule has 1 aromatic carbocycles. The van der Waals surface area contributed by atoms with E-state index in [0.29, 0.717) is 22.9 Å². The zero-order chi connectivity index (χ0) is 21.6. The number of hydrogen-bond acceptors (Lipinski definition) is 4. The lowest BCUT2D eigenvalue weighted by Gasteiger charge is -2.12. The highest BCUT2D eigenvalue weighted by Crippen LogP contribution is 2.44. The Morgan fingerprint density at radius 1 is 1.20 bits per heavy atom. The molecule has 30 heavy (non-hydrogen) atoms. The Hall–Kier alpha value is -3.83. The number of allylic oxidation sites excluding steroid dienone is 3. The Bertz CT molecular complexity index is 1340. The number of nitriles is 2. The molecule has 2 heterocycles. The maximum atomic E-state index is 9.77. The van der Waals surface area contributed by atoms with Gasteiger partial charge in [-0.1, -0.05) is 25.1 Å². The fourth-order valence-corrected chi connectivity index (χ4v) is 4.26. The van der Waals surface area contributed by atoms with Gasteiger partial charge in [0.05, 0.1) is 16.8 Å². The van der Waals surface area contributed by atoms with Crippen molar-refractivity contribution in [1.82, 2.24) is 9.55 Å². The van der Waals surface area contributed by atoms with Crippen molar-refractivity contribution >= 4 is 33.9 Å². The van der Waals surface area contributed by atoms with Gasteiger partial charge in [-0.15, -0.1) is 0 Å². The molecule has 0 spiro atoms. The quantitative estimate of drug-likeness (QED) is 0.625. The highest BCUT2D eigenvalue weighted by molar-refractivity contribution is 6.10. The van der Waals surface area contributed by atoms with Gasteiger partial charge in [-0.3, -0.25) is 0 Å². The predicted molar refractivity (Wildman–Crippen MR) is 121 cm³/mol. The number of anilines is 1. The smallest absolute Gasteiger partial charge is 0.142 e. The van der Waals surface area contributed by atoms with Crippen molar-refractivity contribution in [3.05, 3.63) is 64.0 Å². The van der Waals surface area contributed by atoms with E-state index in [4.69, 9.17) is 5.73 Å². The van der Waals surface area contributed by atoms with Crippen molar-refractivity contribution in [2.24, 2.45) is 0 Å². The van der Waals surface area contributed by atoms with Gasteiger partial charge in [-0.25, -0.2) is 4.98 Å². The van der Waals surface area contributed by atoms with E-state index in [2.05, 4.69) is 66.0 Å². The summed E-state index contributed by atoms with van der Waals surface area (Å²) in [6.07, 6.45) is 5.32. The largest absolute Gasteiger partial charge is 0.383 e. The highest BCUT2D eigenvalue weighted by atomic mass is 15.0. The van der Waals surface area contributed by atoms with Crippen LogP contribution in [0.15, 0.2) is 36.0 Å². The molecule has 1 aliphatic rings. The van der Waals surface area contributed by atoms with Gasteiger partial charge in [0.1, 0.15) is 18.0 Å². The number of aromatic nitrogens is 2. The summed E-state index contributed by atoms with van der Waals surface area (Å²) in [6.45, 7) is 8.20. The molecule has 0 radical (unpaired) electrons. The van der Waals surface area contributed by atoms with Crippen LogP contribution >= 0.6 is 0 Å². The van der Waals surface area contributed by atoms with Crippen molar-refractivity contribution in [1.29, 1.82) is 10.5 Å². The van der Waals surface area contributed by atoms with Gasteiger partial charge < -0.3 is 10.3 Å². The average Bonchev–Trinajstić information content (AvgIpc) is 3.23. The van der Waals surface area contributed by atoms with Gasteiger partial charge in [0.15, 0.2) is 0 Å². The van der Waals surface area contributed by atoms with Gasteiger partial charge >= 0.3 is 0 Å². The van der Waals surface area contributed by atoms with E-state index in [-0.39, 0.29) is 5.82 Å². The molecular weight excluding hydrogens is 370 g/mol. The molecule has 0 aliphatic heterocycles. The molecule has 5 heteroatoms. The lowest BCUT2D eigenvalue weighted by Crippen LogP contribution is -2.03. The second-order valence-electron chi connectivity index (χ2n) is 7.77. The Morgan fingerprint density at radius 2 is 1.93 bits per heavy atom. The normalized spacial score (nSPS) is 15.3. The topological polar surface area (TPSA) is 91.4 Å². The summed E-state index contributed by atoms with van der Waals surface area (Å²) in [5.41, 5.74) is 13.1. The molecule has 2 N–H and O–H groups in total. The number of para-hydroxylation sites is 1. The van der Waals surface area contributed by atoms with Crippen molar-refractivity contribution in [3.8, 4) is 12.1 Å². The van der Waals surface area contributed by atoms with Gasteiger partial charge in [-0.2, -0.15) is 10.5 Å². The van der Waals surface area contributed by atoms with Crippen molar-refractivity contribution < 1.29 is 0 Å². The first-order valence-electron chi connectivity index (χ1n) is 10.1. The van der Waals surface area contributed by atoms with Crippen LogP contribution in [0, 0.1) is 29.6 Å². The van der Waals surface area contributed by atoms with Gasteiger partial charge in [-0.05, 0) is 56.0 Å². The summed E-state index contributed by atoms with van der Waals surface area (Å²) in [6, 6.07) is 13.2. The van der Waals surface area contributed by atoms with Crippen molar-refractivity contribution in [2.75, 3.05) is 5.73 Å². The first-order valence-corrected chi connectivity index (χ1v) is 10.1. The minimum absolute atomic E-state index is 0.170. The number of nitrogens with two attached hydrogens (primary N) is 1. The number of rotatable bonds is 3. The molecule has 1 aliphatic carbocycles. The number of nitrogen functional groups attached to an aromatic ring is 1. The van der Waals surface area contributed by atoms with Crippen molar-refractivity contribution in [2.45, 2.75) is 40.2 Å². The van der Waals surface area contributed by atoms with Crippen LogP contribution in [-0.4, -0.2) is 9.55 Å². The zero-order valence-electron chi connectivity index (χ0n) is 17.6. The van der Waals surface area contributed by atoms with E-state index in [1.165, 1.54) is 5.52 Å². The predicted octanol–water partition coefficient (Wildman–Crippen LogP) is 5.62. The number of benzene rings is 1. The van der Waals surface area contributed by atoms with E-state index in [1.807, 2.05) is 19.9 Å². The summed E-state index contributed by atoms with van der Waals surface area (Å²) >= 11 is 0. The molecule has 2 aromatic heterocycles. The van der Waals surface area contributed by atoms with E-state index in [9.17, 15) is 10.5 Å². The molecule has 4 rings (SSSR count). The minimum atomic E-state index is 0.170. The van der Waals surface area contributed by atoms with E-state index in [0.717, 1.165) is 39.6 Å². The first kappa shape index (κ1) is 19.5. The summed E-state index contributed by atoms with van der Waals surface area (Å²) in [7, 11) is 0. The number of hydrogen-bond donors (Lipinski definition) is 1. The van der Waals surface area contributed by atoms with Crippen LogP contribution in [0.1, 0.15) is 61.2 Å². The Labute approximate surface area is 176 Å². The number of pyridine rings is 1. The zero-order valence-corrected chi connectivity index (χ0v) is 17.6. The van der Waals surface area contributed by atoms with E-state index < -0.39 is 0 Å². The van der Waals surface area contributed by atoms with Gasteiger partial charge in [0, 0.05) is 34.3 Å². The molecule has 5 nitrogen and oxygen atoms in total. The standard InChI is InChI=1S/C25H23N5/c1-5-14(2)30-13-17(18-8-6-7-9-22(18)30)10-19-15(3)20(11-26)24-23(19)16(4)21(12-27)25(28)29-24/h6-10,13-14H,5H2,1-4H3,(H2,28,29)/t14-/m1/s1. The van der Waals surface area contributed by atoms with E-state index >= 15 is 0 Å². The van der Waals surface area contributed by atoms with Crippen LogP contribution in [0.25, 0.3) is 28.1 Å². The maximum absolute atomic E-state index is 9.77. The lowest BCUT2D eigenvalue weighted by molar-refractivity contribution is 0.548. The van der Waals surface area contributed by atoms with Crippen LogP contribution < -0.4 is 5.73 Å². The maximum Gasteiger partial charge on any atom is 0.142 e. The highest BCUT2D eigenvalue weighted by Gasteiger charge is 2.30. The van der Waals surface area contributed by atoms with Crippen LogP contribution in [0.4, 0.5) is 5.82 Å². The molecule has 0 unspecified atom stereocenters. The summed E-state index contributed by atoms with van der Waals surface area (Å²) < 4.78 is 2.30. The summed E-state index contributed by atoms with van der Waals surface area (Å²) in [5.74, 6) is 0.170. The Kier molecular flexibility index (Phi) is 4.68. The van der Waals surface area contributed by atoms with E-state index in [1.54, 1.807) is 0 Å². The molecule has 3 aromatic rings. The molecule has 0 saturated heterocycles. The molecule has 0 bridgehead atoms. The molecule has 0 fully saturated rings. The monoisotopic (exact) mass is 393 g/mol. The summed E-state index contributed by atoms with van der Waals surface area (Å²) in [4.78, 5) is 4.42. The third-order valence-electron chi connectivity index (χ3n) is 6.12. The molecule has 1 atom stereocenters. The molecule has 148 valence electrons. The fourth-order valence-electron chi connectivity index (χ4n) is 4.26. The van der Waals surface area contributed by atoms with Crippen molar-refractivity contribution in [3.63, 3.8) is 0 Å². The second kappa shape index (κ2) is 7.21. The lowest BCUT2D eigenvalue weighted by atomic mass is 9.95. The molecule has 0 amide bonds. The fraction of sp³-hybridized carbons (Fsp3) is 0.240. The third kappa shape index (κ3) is 2.71. The first-order chi connectivity index (χ1) is 14.4. The second-order valence-corrected chi connectivity index (χ2v) is 7.77. The minimum Gasteiger partial charge on any atom is -0.383 e.